The summed E-state index contributed by atoms with van der Waals surface area (Å²) in [6, 6.07) is 0.523. The monoisotopic (exact) mass is 236 g/mol. The fourth-order valence-corrected chi connectivity index (χ4v) is 2.91. The lowest BCUT2D eigenvalue weighted by Crippen LogP contribution is -2.33. The average Bonchev–Trinajstić information content (AvgIpc) is 2.98. The fraction of sp³-hybridized carbons (Fsp3) is 0.833. The summed E-state index contributed by atoms with van der Waals surface area (Å²) in [7, 11) is 0. The molecule has 1 aromatic rings. The van der Waals surface area contributed by atoms with Crippen LogP contribution in [0.25, 0.3) is 0 Å². The Morgan fingerprint density at radius 2 is 2.29 bits per heavy atom. The molecule has 5 heteroatoms. The fourth-order valence-electron chi connectivity index (χ4n) is 2.91. The van der Waals surface area contributed by atoms with Gasteiger partial charge in [-0.2, -0.15) is 0 Å². The highest BCUT2D eigenvalue weighted by molar-refractivity contribution is 5.05. The summed E-state index contributed by atoms with van der Waals surface area (Å²) in [6.07, 6.45) is 3.55. The van der Waals surface area contributed by atoms with Crippen LogP contribution < -0.4 is 5.32 Å². The van der Waals surface area contributed by atoms with Gasteiger partial charge in [0.2, 0.25) is 0 Å². The SMILES string of the molecule is Cc1nnc(C2CCOC2)n1C1CCCNC1. The van der Waals surface area contributed by atoms with Crippen molar-refractivity contribution in [2.24, 2.45) is 0 Å². The van der Waals surface area contributed by atoms with E-state index in [-0.39, 0.29) is 0 Å². The molecule has 17 heavy (non-hydrogen) atoms. The first-order valence-corrected chi connectivity index (χ1v) is 6.56. The lowest BCUT2D eigenvalue weighted by Gasteiger charge is -2.27. The van der Waals surface area contributed by atoms with Crippen molar-refractivity contribution >= 4 is 0 Å². The second-order valence-electron chi connectivity index (χ2n) is 5.04. The van der Waals surface area contributed by atoms with Crippen molar-refractivity contribution in [1.29, 1.82) is 0 Å². The van der Waals surface area contributed by atoms with Crippen molar-refractivity contribution in [3.8, 4) is 0 Å². The molecule has 2 unspecified atom stereocenters. The lowest BCUT2D eigenvalue weighted by molar-refractivity contribution is 0.192. The maximum atomic E-state index is 5.47. The highest BCUT2D eigenvalue weighted by Crippen LogP contribution is 2.28. The van der Waals surface area contributed by atoms with E-state index in [1.807, 2.05) is 0 Å². The van der Waals surface area contributed by atoms with E-state index in [9.17, 15) is 0 Å². The minimum atomic E-state index is 0.443. The molecule has 0 spiro atoms. The number of ether oxygens (including phenoxy) is 1. The number of hydrogen-bond acceptors (Lipinski definition) is 4. The molecule has 2 aliphatic heterocycles. The van der Waals surface area contributed by atoms with Crippen LogP contribution in [0.5, 0.6) is 0 Å². The molecule has 0 saturated carbocycles. The molecule has 3 heterocycles. The van der Waals surface area contributed by atoms with Gasteiger partial charge < -0.3 is 14.6 Å². The van der Waals surface area contributed by atoms with Gasteiger partial charge in [0.1, 0.15) is 11.6 Å². The standard InChI is InChI=1S/C12H20N4O/c1-9-14-15-12(10-4-6-17-8-10)16(9)11-3-2-5-13-7-11/h10-11,13H,2-8H2,1H3. The second-order valence-corrected chi connectivity index (χ2v) is 5.04. The first-order chi connectivity index (χ1) is 8.36. The zero-order valence-electron chi connectivity index (χ0n) is 10.4. The van der Waals surface area contributed by atoms with E-state index in [4.69, 9.17) is 4.74 Å². The van der Waals surface area contributed by atoms with Gasteiger partial charge in [-0.05, 0) is 32.7 Å². The van der Waals surface area contributed by atoms with Crippen molar-refractivity contribution in [3.05, 3.63) is 11.6 Å². The molecule has 1 N–H and O–H groups in total. The number of hydrogen-bond donors (Lipinski definition) is 1. The van der Waals surface area contributed by atoms with Gasteiger partial charge in [0.05, 0.1) is 6.61 Å². The Labute approximate surface area is 102 Å². The maximum Gasteiger partial charge on any atom is 0.138 e. The summed E-state index contributed by atoms with van der Waals surface area (Å²) in [4.78, 5) is 0. The molecule has 0 aliphatic carbocycles. The van der Waals surface area contributed by atoms with Crippen LogP contribution >= 0.6 is 0 Å². The number of piperidine rings is 1. The van der Waals surface area contributed by atoms with E-state index in [1.54, 1.807) is 0 Å². The van der Waals surface area contributed by atoms with Crippen LogP contribution in [0.2, 0.25) is 0 Å². The molecule has 2 fully saturated rings. The van der Waals surface area contributed by atoms with E-state index in [0.29, 0.717) is 12.0 Å². The molecular formula is C12H20N4O. The summed E-state index contributed by atoms with van der Waals surface area (Å²) in [5, 5.41) is 12.1. The Hall–Kier alpha value is -0.940. The van der Waals surface area contributed by atoms with Gasteiger partial charge >= 0.3 is 0 Å². The zero-order chi connectivity index (χ0) is 11.7. The van der Waals surface area contributed by atoms with E-state index < -0.39 is 0 Å². The lowest BCUT2D eigenvalue weighted by atomic mass is 10.0. The van der Waals surface area contributed by atoms with Crippen LogP contribution in [0.4, 0.5) is 0 Å². The largest absolute Gasteiger partial charge is 0.381 e. The molecule has 2 saturated heterocycles. The predicted molar refractivity (Wildman–Crippen MR) is 64.1 cm³/mol. The van der Waals surface area contributed by atoms with Crippen LogP contribution in [-0.2, 0) is 4.74 Å². The topological polar surface area (TPSA) is 52.0 Å². The van der Waals surface area contributed by atoms with Gasteiger partial charge in [0.15, 0.2) is 0 Å². The third kappa shape index (κ3) is 2.09. The van der Waals surface area contributed by atoms with Gasteiger partial charge in [0.25, 0.3) is 0 Å². The number of aryl methyl sites for hydroxylation is 1. The molecular weight excluding hydrogens is 216 g/mol. The molecule has 5 nitrogen and oxygen atoms in total. The summed E-state index contributed by atoms with van der Waals surface area (Å²) in [5.74, 6) is 2.62. The van der Waals surface area contributed by atoms with Gasteiger partial charge in [-0.15, -0.1) is 10.2 Å². The maximum absolute atomic E-state index is 5.47. The van der Waals surface area contributed by atoms with Gasteiger partial charge in [-0.3, -0.25) is 0 Å². The molecule has 1 aromatic heterocycles. The number of aromatic nitrogens is 3. The second kappa shape index (κ2) is 4.74. The van der Waals surface area contributed by atoms with Crippen molar-refractivity contribution in [3.63, 3.8) is 0 Å². The van der Waals surface area contributed by atoms with Crippen LogP contribution in [0.3, 0.4) is 0 Å². The first-order valence-electron chi connectivity index (χ1n) is 6.56. The first kappa shape index (κ1) is 11.2. The minimum Gasteiger partial charge on any atom is -0.381 e. The van der Waals surface area contributed by atoms with E-state index >= 15 is 0 Å². The Kier molecular flexibility index (Phi) is 3.11. The summed E-state index contributed by atoms with van der Waals surface area (Å²) in [6.45, 7) is 5.90. The van der Waals surface area contributed by atoms with E-state index in [2.05, 4.69) is 27.0 Å². The van der Waals surface area contributed by atoms with Gasteiger partial charge in [0, 0.05) is 25.1 Å². The Balaban J connectivity index is 1.88. The van der Waals surface area contributed by atoms with Crippen LogP contribution in [0, 0.1) is 6.92 Å². The summed E-state index contributed by atoms with van der Waals surface area (Å²) >= 11 is 0. The minimum absolute atomic E-state index is 0.443. The quantitative estimate of drug-likeness (QED) is 0.833. The Bertz CT molecular complexity index is 378. The van der Waals surface area contributed by atoms with Crippen molar-refractivity contribution in [2.75, 3.05) is 26.3 Å². The Morgan fingerprint density at radius 3 is 3.00 bits per heavy atom. The molecule has 94 valence electrons. The molecule has 3 rings (SSSR count). The van der Waals surface area contributed by atoms with Gasteiger partial charge in [-0.25, -0.2) is 0 Å². The third-order valence-electron chi connectivity index (χ3n) is 3.82. The highest BCUT2D eigenvalue weighted by atomic mass is 16.5. The van der Waals surface area contributed by atoms with Crippen molar-refractivity contribution < 1.29 is 4.74 Å². The molecule has 0 aromatic carbocycles. The van der Waals surface area contributed by atoms with Crippen LogP contribution in [0.1, 0.15) is 42.9 Å². The zero-order valence-corrected chi connectivity index (χ0v) is 10.4. The van der Waals surface area contributed by atoms with Crippen LogP contribution in [0.15, 0.2) is 0 Å². The van der Waals surface area contributed by atoms with E-state index in [1.165, 1.54) is 12.8 Å². The molecule has 0 bridgehead atoms. The van der Waals surface area contributed by atoms with Gasteiger partial charge in [-0.1, -0.05) is 0 Å². The number of nitrogens with one attached hydrogen (secondary N) is 1. The molecule has 2 aliphatic rings. The summed E-state index contributed by atoms with van der Waals surface area (Å²) in [5.41, 5.74) is 0. The highest BCUT2D eigenvalue weighted by Gasteiger charge is 2.28. The molecule has 2 atom stereocenters. The normalized spacial score (nSPS) is 29.7. The predicted octanol–water partition coefficient (Wildman–Crippen LogP) is 1.01. The average molecular weight is 236 g/mol. The van der Waals surface area contributed by atoms with Crippen LogP contribution in [-0.4, -0.2) is 41.1 Å². The molecule has 0 radical (unpaired) electrons. The van der Waals surface area contributed by atoms with Crippen molar-refractivity contribution in [1.82, 2.24) is 20.1 Å². The van der Waals surface area contributed by atoms with Crippen molar-refractivity contribution in [2.45, 2.75) is 38.1 Å². The summed E-state index contributed by atoms with van der Waals surface area (Å²) < 4.78 is 7.81. The smallest absolute Gasteiger partial charge is 0.138 e. The third-order valence-corrected chi connectivity index (χ3v) is 3.82. The number of rotatable bonds is 2. The number of nitrogens with zero attached hydrogens (tertiary/aromatic N) is 3. The molecule has 0 amide bonds. The van der Waals surface area contributed by atoms with E-state index in [0.717, 1.165) is 44.4 Å². The Morgan fingerprint density at radius 1 is 1.35 bits per heavy atom.